The van der Waals surface area contributed by atoms with E-state index in [-0.39, 0.29) is 12.5 Å². The second kappa shape index (κ2) is 9.82. The smallest absolute Gasteiger partial charge is 0.168 e. The summed E-state index contributed by atoms with van der Waals surface area (Å²) in [5, 5.41) is 5.19. The number of hydrogen-bond acceptors (Lipinski definition) is 8. The van der Waals surface area contributed by atoms with Gasteiger partial charge in [-0.25, -0.2) is 9.97 Å². The van der Waals surface area contributed by atoms with Crippen LogP contribution < -0.4 is 19.8 Å². The molecule has 2 aromatic carbocycles. The van der Waals surface area contributed by atoms with E-state index in [0.717, 1.165) is 36.4 Å². The molecule has 1 aromatic heterocycles. The maximum atomic E-state index is 6.00. The van der Waals surface area contributed by atoms with Gasteiger partial charge in [-0.15, -0.1) is 0 Å². The summed E-state index contributed by atoms with van der Waals surface area (Å²) in [5.74, 6) is 3.15. The van der Waals surface area contributed by atoms with E-state index in [9.17, 15) is 0 Å². The van der Waals surface area contributed by atoms with Gasteiger partial charge in [0.25, 0.3) is 0 Å². The molecule has 1 aliphatic rings. The van der Waals surface area contributed by atoms with Crippen LogP contribution in [0, 0.1) is 0 Å². The van der Waals surface area contributed by atoms with Gasteiger partial charge in [0.2, 0.25) is 0 Å². The summed E-state index contributed by atoms with van der Waals surface area (Å²) in [7, 11) is 7.85. The molecule has 1 N–H and O–H groups in total. The highest BCUT2D eigenvalue weighted by Gasteiger charge is 2.18. The molecule has 1 unspecified atom stereocenters. The molecular formula is C24H30N6O2. The van der Waals surface area contributed by atoms with Crippen LogP contribution in [-0.2, 0) is 6.61 Å². The molecule has 1 aliphatic heterocycles. The van der Waals surface area contributed by atoms with Crippen molar-refractivity contribution in [3.8, 4) is 11.5 Å². The van der Waals surface area contributed by atoms with Gasteiger partial charge in [-0.2, -0.15) is 5.10 Å². The number of ether oxygens (including phenoxy) is 2. The minimum Gasteiger partial charge on any atom is -0.493 e. The molecule has 0 saturated heterocycles. The number of likely N-dealkylation sites (N-methyl/N-ethyl adjacent to an activating group) is 2. The minimum atomic E-state index is 0.256. The van der Waals surface area contributed by atoms with Gasteiger partial charge in [-0.1, -0.05) is 18.2 Å². The zero-order chi connectivity index (χ0) is 22.5. The highest BCUT2D eigenvalue weighted by Crippen LogP contribution is 2.29. The van der Waals surface area contributed by atoms with Gasteiger partial charge in [-0.3, -0.25) is 0 Å². The Morgan fingerprint density at radius 3 is 2.56 bits per heavy atom. The van der Waals surface area contributed by atoms with Crippen LogP contribution in [0.3, 0.4) is 0 Å². The molecule has 3 aromatic rings. The molecule has 1 atom stereocenters. The molecule has 0 amide bonds. The first-order valence-corrected chi connectivity index (χ1v) is 10.7. The molecule has 0 radical (unpaired) electrons. The van der Waals surface area contributed by atoms with E-state index < -0.39 is 0 Å². The van der Waals surface area contributed by atoms with Gasteiger partial charge < -0.3 is 24.7 Å². The van der Waals surface area contributed by atoms with Gasteiger partial charge in [0.1, 0.15) is 12.4 Å². The van der Waals surface area contributed by atoms with Crippen LogP contribution in [0.4, 0.5) is 5.82 Å². The Hall–Kier alpha value is -3.39. The number of aromatic nitrogens is 2. The monoisotopic (exact) mass is 434 g/mol. The number of benzene rings is 2. The minimum absolute atomic E-state index is 0.256. The molecule has 0 saturated carbocycles. The van der Waals surface area contributed by atoms with Crippen LogP contribution in [0.25, 0.3) is 10.9 Å². The molecule has 4 rings (SSSR count). The van der Waals surface area contributed by atoms with Crippen LogP contribution >= 0.6 is 0 Å². The van der Waals surface area contributed by atoms with E-state index in [1.807, 2.05) is 30.5 Å². The number of hydrazone groups is 1. The summed E-state index contributed by atoms with van der Waals surface area (Å²) in [6, 6.07) is 14.0. The van der Waals surface area contributed by atoms with Gasteiger partial charge >= 0.3 is 0 Å². The lowest BCUT2D eigenvalue weighted by Crippen LogP contribution is -2.29. The van der Waals surface area contributed by atoms with Crippen LogP contribution in [0.1, 0.15) is 17.3 Å². The lowest BCUT2D eigenvalue weighted by Gasteiger charge is -2.23. The SMILES string of the molecule is COc1ccccc1OCc1nc(N(C)CCN(C)C)c2cc(C3C=NNC3)ccc2n1. The number of nitrogens with one attached hydrogen (secondary N) is 1. The second-order valence-corrected chi connectivity index (χ2v) is 8.15. The molecule has 0 fully saturated rings. The first-order valence-electron chi connectivity index (χ1n) is 10.7. The predicted octanol–water partition coefficient (Wildman–Crippen LogP) is 2.89. The number of methoxy groups -OCH3 is 1. The summed E-state index contributed by atoms with van der Waals surface area (Å²) in [4.78, 5) is 14.0. The fourth-order valence-electron chi connectivity index (χ4n) is 3.65. The molecule has 8 nitrogen and oxygen atoms in total. The van der Waals surface area contributed by atoms with Crippen LogP contribution in [0.5, 0.6) is 11.5 Å². The molecule has 0 spiro atoms. The first-order chi connectivity index (χ1) is 15.5. The van der Waals surface area contributed by atoms with E-state index in [4.69, 9.17) is 19.4 Å². The van der Waals surface area contributed by atoms with Gasteiger partial charge in [0.05, 0.1) is 12.6 Å². The third kappa shape index (κ3) is 4.91. The van der Waals surface area contributed by atoms with E-state index in [0.29, 0.717) is 17.3 Å². The van der Waals surface area contributed by atoms with Gasteiger partial charge in [0, 0.05) is 44.2 Å². The average Bonchev–Trinajstić information content (AvgIpc) is 3.35. The Morgan fingerprint density at radius 2 is 1.84 bits per heavy atom. The molecule has 168 valence electrons. The first kappa shape index (κ1) is 21.8. The highest BCUT2D eigenvalue weighted by molar-refractivity contribution is 5.91. The maximum Gasteiger partial charge on any atom is 0.168 e. The predicted molar refractivity (Wildman–Crippen MR) is 128 cm³/mol. The van der Waals surface area contributed by atoms with Crippen molar-refractivity contribution in [1.29, 1.82) is 0 Å². The quantitative estimate of drug-likeness (QED) is 0.555. The molecule has 32 heavy (non-hydrogen) atoms. The van der Waals surface area contributed by atoms with E-state index >= 15 is 0 Å². The van der Waals surface area contributed by atoms with Gasteiger partial charge in [0.15, 0.2) is 17.3 Å². The van der Waals surface area contributed by atoms with Gasteiger partial charge in [-0.05, 0) is 43.9 Å². The molecule has 0 bridgehead atoms. The number of para-hydroxylation sites is 2. The Kier molecular flexibility index (Phi) is 6.70. The van der Waals surface area contributed by atoms with E-state index in [2.05, 4.69) is 59.7 Å². The van der Waals surface area contributed by atoms with Crippen molar-refractivity contribution < 1.29 is 9.47 Å². The lowest BCUT2D eigenvalue weighted by molar-refractivity contribution is 0.277. The second-order valence-electron chi connectivity index (χ2n) is 8.15. The van der Waals surface area contributed by atoms with Crippen LogP contribution in [0.2, 0.25) is 0 Å². The standard InChI is InChI=1S/C24H30N6O2/c1-29(2)11-12-30(3)24-19-13-17(18-14-25-26-15-18)9-10-20(19)27-23(28-24)16-32-22-8-6-5-7-21(22)31-4/h5-10,13-14,18,26H,11-12,15-16H2,1-4H3. The number of nitrogens with zero attached hydrogens (tertiary/aromatic N) is 5. The van der Waals surface area contributed by atoms with E-state index in [1.165, 1.54) is 5.56 Å². The van der Waals surface area contributed by atoms with E-state index in [1.54, 1.807) is 7.11 Å². The molecular weight excluding hydrogens is 404 g/mol. The summed E-state index contributed by atoms with van der Waals surface area (Å²) >= 11 is 0. The fourth-order valence-corrected chi connectivity index (χ4v) is 3.65. The molecule has 0 aliphatic carbocycles. The Morgan fingerprint density at radius 1 is 1.03 bits per heavy atom. The average molecular weight is 435 g/mol. The van der Waals surface area contributed by atoms with Crippen molar-refractivity contribution in [3.05, 3.63) is 53.9 Å². The highest BCUT2D eigenvalue weighted by atomic mass is 16.5. The number of anilines is 1. The summed E-state index contributed by atoms with van der Waals surface area (Å²) in [6.07, 6.45) is 1.95. The molecule has 2 heterocycles. The van der Waals surface area contributed by atoms with Crippen molar-refractivity contribution in [2.24, 2.45) is 5.10 Å². The Labute approximate surface area is 188 Å². The van der Waals surface area contributed by atoms with Crippen molar-refractivity contribution in [2.75, 3.05) is 52.8 Å². The van der Waals surface area contributed by atoms with Crippen LogP contribution in [-0.4, -0.2) is 69.0 Å². The summed E-state index contributed by atoms with van der Waals surface area (Å²) in [5.41, 5.74) is 5.14. The number of hydrogen-bond donors (Lipinski definition) is 1. The Bertz CT molecular complexity index is 1100. The summed E-state index contributed by atoms with van der Waals surface area (Å²) in [6.45, 7) is 2.84. The lowest BCUT2D eigenvalue weighted by atomic mass is 9.99. The third-order valence-corrected chi connectivity index (χ3v) is 5.50. The van der Waals surface area contributed by atoms with Crippen molar-refractivity contribution in [3.63, 3.8) is 0 Å². The fraction of sp³-hybridized carbons (Fsp3) is 0.375. The van der Waals surface area contributed by atoms with Crippen molar-refractivity contribution in [2.45, 2.75) is 12.5 Å². The zero-order valence-corrected chi connectivity index (χ0v) is 19.1. The number of rotatable bonds is 9. The van der Waals surface area contributed by atoms with Crippen LogP contribution in [0.15, 0.2) is 47.6 Å². The largest absolute Gasteiger partial charge is 0.493 e. The maximum absolute atomic E-state index is 6.00. The third-order valence-electron chi connectivity index (χ3n) is 5.50. The van der Waals surface area contributed by atoms with Crippen molar-refractivity contribution in [1.82, 2.24) is 20.3 Å². The molecule has 8 heteroatoms. The normalized spacial score (nSPS) is 15.2. The topological polar surface area (TPSA) is 75.1 Å². The number of fused-ring (bicyclic) bond motifs is 1. The summed E-state index contributed by atoms with van der Waals surface area (Å²) < 4.78 is 11.4. The van der Waals surface area contributed by atoms with Crippen molar-refractivity contribution >= 4 is 22.9 Å². The Balaban J connectivity index is 1.67. The zero-order valence-electron chi connectivity index (χ0n) is 19.1.